The zero-order valence-electron chi connectivity index (χ0n) is 10.9. The summed E-state index contributed by atoms with van der Waals surface area (Å²) in [5.74, 6) is 2.66. The summed E-state index contributed by atoms with van der Waals surface area (Å²) >= 11 is 1.53. The number of rotatable bonds is 4. The third kappa shape index (κ3) is 3.12. The molecule has 6 heteroatoms. The average Bonchev–Trinajstić information content (AvgIpc) is 3.07. The predicted molar refractivity (Wildman–Crippen MR) is 71.8 cm³/mol. The highest BCUT2D eigenvalue weighted by molar-refractivity contribution is 7.98. The average molecular weight is 276 g/mol. The van der Waals surface area contributed by atoms with Gasteiger partial charge in [0.05, 0.1) is 5.75 Å². The van der Waals surface area contributed by atoms with Gasteiger partial charge in [0, 0.05) is 17.8 Å². The van der Waals surface area contributed by atoms with E-state index in [2.05, 4.69) is 20.1 Å². The van der Waals surface area contributed by atoms with E-state index < -0.39 is 0 Å². The van der Waals surface area contributed by atoms with Gasteiger partial charge in [0.1, 0.15) is 0 Å². The highest BCUT2D eigenvalue weighted by Gasteiger charge is 2.22. The van der Waals surface area contributed by atoms with Gasteiger partial charge in [-0.25, -0.2) is 9.97 Å². The van der Waals surface area contributed by atoms with Gasteiger partial charge < -0.3 is 4.52 Å². The topological polar surface area (TPSA) is 64.7 Å². The van der Waals surface area contributed by atoms with E-state index in [1.165, 1.54) is 37.4 Å². The molecule has 1 saturated carbocycles. The molecule has 1 aliphatic rings. The Morgan fingerprint density at radius 2 is 2.16 bits per heavy atom. The molecule has 0 N–H and O–H groups in total. The molecule has 2 aromatic rings. The van der Waals surface area contributed by atoms with Crippen LogP contribution in [0, 0.1) is 6.92 Å². The molecule has 2 heterocycles. The molecule has 0 saturated heterocycles. The minimum Gasteiger partial charge on any atom is -0.338 e. The van der Waals surface area contributed by atoms with Crippen molar-refractivity contribution < 1.29 is 4.52 Å². The fourth-order valence-electron chi connectivity index (χ4n) is 2.30. The van der Waals surface area contributed by atoms with Crippen molar-refractivity contribution in [1.82, 2.24) is 20.1 Å². The highest BCUT2D eigenvalue weighted by Crippen LogP contribution is 2.32. The number of aryl methyl sites for hydroxylation is 1. The Bertz CT molecular complexity index is 551. The third-order valence-corrected chi connectivity index (χ3v) is 4.15. The van der Waals surface area contributed by atoms with E-state index in [1.807, 2.05) is 13.0 Å². The van der Waals surface area contributed by atoms with Gasteiger partial charge in [0.15, 0.2) is 11.0 Å². The van der Waals surface area contributed by atoms with Crippen molar-refractivity contribution in [3.05, 3.63) is 29.7 Å². The Morgan fingerprint density at radius 1 is 1.32 bits per heavy atom. The third-order valence-electron chi connectivity index (χ3n) is 3.30. The number of nitrogens with zero attached hydrogens (tertiary/aromatic N) is 4. The first-order chi connectivity index (χ1) is 9.31. The fraction of sp³-hybridized carbons (Fsp3) is 0.538. The van der Waals surface area contributed by atoms with Crippen LogP contribution in [0.15, 0.2) is 21.9 Å². The lowest BCUT2D eigenvalue weighted by Gasteiger charge is -1.99. The van der Waals surface area contributed by atoms with Crippen LogP contribution >= 0.6 is 11.8 Å². The monoisotopic (exact) mass is 276 g/mol. The Kier molecular flexibility index (Phi) is 3.77. The maximum absolute atomic E-state index is 5.29. The van der Waals surface area contributed by atoms with Crippen LogP contribution in [0.4, 0.5) is 0 Å². The van der Waals surface area contributed by atoms with E-state index in [9.17, 15) is 0 Å². The van der Waals surface area contributed by atoms with Gasteiger partial charge in [0.2, 0.25) is 5.89 Å². The van der Waals surface area contributed by atoms with Crippen LogP contribution in [-0.4, -0.2) is 20.1 Å². The molecule has 0 atom stereocenters. The summed E-state index contributed by atoms with van der Waals surface area (Å²) in [6.07, 6.45) is 6.70. The number of hydrogen-bond donors (Lipinski definition) is 0. The largest absolute Gasteiger partial charge is 0.338 e. The molecular weight excluding hydrogens is 260 g/mol. The molecular formula is C13H16N4OS. The van der Waals surface area contributed by atoms with Crippen LogP contribution in [0.1, 0.15) is 49.0 Å². The molecule has 1 aliphatic carbocycles. The summed E-state index contributed by atoms with van der Waals surface area (Å²) in [4.78, 5) is 13.0. The lowest BCUT2D eigenvalue weighted by atomic mass is 10.1. The molecule has 0 bridgehead atoms. The molecule has 0 spiro atoms. The van der Waals surface area contributed by atoms with E-state index in [4.69, 9.17) is 4.52 Å². The smallest absolute Gasteiger partial charge is 0.237 e. The van der Waals surface area contributed by atoms with Gasteiger partial charge in [0.25, 0.3) is 0 Å². The maximum Gasteiger partial charge on any atom is 0.237 e. The summed E-state index contributed by atoms with van der Waals surface area (Å²) in [7, 11) is 0. The summed E-state index contributed by atoms with van der Waals surface area (Å²) in [5, 5.41) is 4.84. The first-order valence-corrected chi connectivity index (χ1v) is 7.55. The molecule has 1 fully saturated rings. The Balaban J connectivity index is 1.61. The van der Waals surface area contributed by atoms with Crippen LogP contribution in [0.5, 0.6) is 0 Å². The second-order valence-electron chi connectivity index (χ2n) is 4.80. The van der Waals surface area contributed by atoms with Crippen molar-refractivity contribution in [1.29, 1.82) is 0 Å². The first kappa shape index (κ1) is 12.6. The lowest BCUT2D eigenvalue weighted by Crippen LogP contribution is -1.95. The van der Waals surface area contributed by atoms with Crippen LogP contribution in [0.2, 0.25) is 0 Å². The molecule has 0 amide bonds. The van der Waals surface area contributed by atoms with Crippen LogP contribution in [0.25, 0.3) is 0 Å². The Labute approximate surface area is 116 Å². The van der Waals surface area contributed by atoms with Gasteiger partial charge >= 0.3 is 0 Å². The van der Waals surface area contributed by atoms with E-state index in [1.54, 1.807) is 6.20 Å². The minimum absolute atomic E-state index is 0.498. The van der Waals surface area contributed by atoms with Gasteiger partial charge in [-0.05, 0) is 25.8 Å². The Hall–Kier alpha value is -1.43. The number of thioether (sulfide) groups is 1. The van der Waals surface area contributed by atoms with Crippen molar-refractivity contribution in [2.75, 3.05) is 0 Å². The van der Waals surface area contributed by atoms with Crippen molar-refractivity contribution in [3.8, 4) is 0 Å². The van der Waals surface area contributed by atoms with Gasteiger partial charge in [-0.2, -0.15) is 4.98 Å². The van der Waals surface area contributed by atoms with Crippen molar-refractivity contribution >= 4 is 11.8 Å². The standard InChI is InChI=1S/C13H16N4OS/c1-9-6-7-14-13(15-9)19-8-11-16-12(17-18-11)10-4-2-3-5-10/h6-7,10H,2-5,8H2,1H3. The number of hydrogen-bond acceptors (Lipinski definition) is 6. The molecule has 0 unspecified atom stereocenters. The van der Waals surface area contributed by atoms with Gasteiger partial charge in [-0.3, -0.25) is 0 Å². The zero-order valence-corrected chi connectivity index (χ0v) is 11.7. The van der Waals surface area contributed by atoms with Crippen molar-refractivity contribution in [3.63, 3.8) is 0 Å². The molecule has 0 aromatic carbocycles. The minimum atomic E-state index is 0.498. The highest BCUT2D eigenvalue weighted by atomic mass is 32.2. The number of aromatic nitrogens is 4. The molecule has 0 radical (unpaired) electrons. The van der Waals surface area contributed by atoms with Crippen molar-refractivity contribution in [2.45, 2.75) is 49.4 Å². The van der Waals surface area contributed by atoms with Gasteiger partial charge in [-0.1, -0.05) is 29.8 Å². The molecule has 3 rings (SSSR count). The maximum atomic E-state index is 5.29. The summed E-state index contributed by atoms with van der Waals surface area (Å²) in [6, 6.07) is 1.88. The second-order valence-corrected chi connectivity index (χ2v) is 5.74. The first-order valence-electron chi connectivity index (χ1n) is 6.56. The van der Waals surface area contributed by atoms with Crippen LogP contribution in [0.3, 0.4) is 0 Å². The van der Waals surface area contributed by atoms with E-state index in [0.717, 1.165) is 16.7 Å². The van der Waals surface area contributed by atoms with Crippen LogP contribution < -0.4 is 0 Å². The van der Waals surface area contributed by atoms with Crippen molar-refractivity contribution in [2.24, 2.45) is 0 Å². The fourth-order valence-corrected chi connectivity index (χ4v) is 3.01. The second kappa shape index (κ2) is 5.69. The SMILES string of the molecule is Cc1ccnc(SCc2nc(C3CCCC3)no2)n1. The molecule has 5 nitrogen and oxygen atoms in total. The summed E-state index contributed by atoms with van der Waals surface area (Å²) < 4.78 is 5.29. The zero-order chi connectivity index (χ0) is 13.1. The van der Waals surface area contributed by atoms with E-state index >= 15 is 0 Å². The quantitative estimate of drug-likeness (QED) is 0.631. The molecule has 0 aliphatic heterocycles. The Morgan fingerprint density at radius 3 is 2.95 bits per heavy atom. The van der Waals surface area contributed by atoms with E-state index in [0.29, 0.717) is 17.6 Å². The molecule has 2 aromatic heterocycles. The summed E-state index contributed by atoms with van der Waals surface area (Å²) in [5.41, 5.74) is 0.967. The van der Waals surface area contributed by atoms with Gasteiger partial charge in [-0.15, -0.1) is 0 Å². The van der Waals surface area contributed by atoms with E-state index in [-0.39, 0.29) is 0 Å². The predicted octanol–water partition coefficient (Wildman–Crippen LogP) is 3.12. The molecule has 19 heavy (non-hydrogen) atoms. The summed E-state index contributed by atoms with van der Waals surface area (Å²) in [6.45, 7) is 1.95. The van der Waals surface area contributed by atoms with Crippen LogP contribution in [-0.2, 0) is 5.75 Å². The molecule has 100 valence electrons. The lowest BCUT2D eigenvalue weighted by molar-refractivity contribution is 0.380. The normalized spacial score (nSPS) is 16.1.